The zero-order valence-corrected chi connectivity index (χ0v) is 19.9. The minimum atomic E-state index is -3.10. The summed E-state index contributed by atoms with van der Waals surface area (Å²) in [5, 5.41) is 0.493. The minimum absolute atomic E-state index is 0.0785. The minimum Gasteiger partial charge on any atom is -0.489 e. The summed E-state index contributed by atoms with van der Waals surface area (Å²) >= 11 is 1.41. The summed E-state index contributed by atoms with van der Waals surface area (Å²) in [4.78, 5) is 19.1. The van der Waals surface area contributed by atoms with Crippen LogP contribution >= 0.6 is 11.8 Å². The lowest BCUT2D eigenvalue weighted by atomic mass is 10.0. The Morgan fingerprint density at radius 1 is 1.09 bits per heavy atom. The number of thioether (sulfide) groups is 1. The first kappa shape index (κ1) is 22.9. The van der Waals surface area contributed by atoms with Gasteiger partial charge in [-0.25, -0.2) is 8.42 Å². The van der Waals surface area contributed by atoms with Gasteiger partial charge in [-0.2, -0.15) is 4.99 Å². The molecular formula is C24H28N2O4S2. The maximum atomic E-state index is 12.7. The van der Waals surface area contributed by atoms with Crippen LogP contribution in [0.4, 0.5) is 5.69 Å². The highest BCUT2D eigenvalue weighted by Gasteiger charge is 2.49. The molecule has 0 radical (unpaired) electrons. The van der Waals surface area contributed by atoms with Gasteiger partial charge in [-0.1, -0.05) is 55.9 Å². The zero-order valence-electron chi connectivity index (χ0n) is 18.3. The number of benzene rings is 2. The molecule has 0 bridgehead atoms. The van der Waals surface area contributed by atoms with Gasteiger partial charge in [0.25, 0.3) is 5.91 Å². The molecule has 0 aliphatic carbocycles. The van der Waals surface area contributed by atoms with E-state index in [4.69, 9.17) is 4.74 Å². The molecule has 170 valence electrons. The third-order valence-corrected chi connectivity index (χ3v) is 9.18. The van der Waals surface area contributed by atoms with E-state index < -0.39 is 9.84 Å². The molecule has 32 heavy (non-hydrogen) atoms. The lowest BCUT2D eigenvalue weighted by Crippen LogP contribution is -2.37. The number of hydrogen-bond donors (Lipinski definition) is 0. The first-order valence-electron chi connectivity index (χ1n) is 11.0. The molecule has 0 unspecified atom stereocenters. The van der Waals surface area contributed by atoms with Crippen molar-refractivity contribution in [2.45, 2.75) is 44.6 Å². The zero-order chi connectivity index (χ0) is 22.7. The molecule has 2 heterocycles. The fourth-order valence-corrected chi connectivity index (χ4v) is 8.05. The van der Waals surface area contributed by atoms with Crippen molar-refractivity contribution in [2.75, 3.05) is 16.4 Å². The Labute approximate surface area is 194 Å². The summed E-state index contributed by atoms with van der Waals surface area (Å²) < 4.78 is 30.4. The van der Waals surface area contributed by atoms with Gasteiger partial charge in [-0.3, -0.25) is 4.79 Å². The highest BCUT2D eigenvalue weighted by atomic mass is 32.2. The van der Waals surface area contributed by atoms with E-state index in [-0.39, 0.29) is 34.6 Å². The molecule has 1 amide bonds. The van der Waals surface area contributed by atoms with E-state index in [1.54, 1.807) is 0 Å². The lowest BCUT2D eigenvalue weighted by Gasteiger charge is -2.25. The van der Waals surface area contributed by atoms with E-state index in [1.165, 1.54) is 11.8 Å². The molecule has 0 saturated carbocycles. The molecule has 2 fully saturated rings. The normalized spacial score (nSPS) is 23.0. The first-order chi connectivity index (χ1) is 15.4. The van der Waals surface area contributed by atoms with Crippen molar-refractivity contribution >= 4 is 38.4 Å². The summed E-state index contributed by atoms with van der Waals surface area (Å²) in [7, 11) is -3.10. The number of aliphatic imine (C=N–C) groups is 1. The number of hydrogen-bond acceptors (Lipinski definition) is 5. The van der Waals surface area contributed by atoms with Crippen molar-refractivity contribution in [3.05, 3.63) is 60.2 Å². The summed E-state index contributed by atoms with van der Waals surface area (Å²) in [6.07, 6.45) is 1.48. The van der Waals surface area contributed by atoms with Crippen LogP contribution < -0.4 is 9.64 Å². The summed E-state index contributed by atoms with van der Waals surface area (Å²) in [5.74, 6) is 0.687. The first-order valence-corrected chi connectivity index (χ1v) is 13.7. The molecule has 2 aliphatic rings. The molecule has 2 aliphatic heterocycles. The van der Waals surface area contributed by atoms with E-state index in [1.807, 2.05) is 73.3 Å². The van der Waals surface area contributed by atoms with Crippen LogP contribution in [-0.2, 0) is 21.2 Å². The Bertz CT molecular complexity index is 1080. The summed E-state index contributed by atoms with van der Waals surface area (Å²) in [5.41, 5.74) is 1.91. The number of sulfone groups is 1. The second kappa shape index (κ2) is 9.67. The molecule has 4 rings (SSSR count). The van der Waals surface area contributed by atoms with Crippen LogP contribution in [0, 0.1) is 5.92 Å². The fourth-order valence-electron chi connectivity index (χ4n) is 4.13. The van der Waals surface area contributed by atoms with Crippen LogP contribution in [0.3, 0.4) is 0 Å². The Kier molecular flexibility index (Phi) is 6.90. The van der Waals surface area contributed by atoms with Crippen LogP contribution in [0.15, 0.2) is 59.6 Å². The van der Waals surface area contributed by atoms with Crippen molar-refractivity contribution in [1.29, 1.82) is 0 Å². The van der Waals surface area contributed by atoms with Crippen molar-refractivity contribution in [1.82, 2.24) is 0 Å². The highest BCUT2D eigenvalue weighted by molar-refractivity contribution is 8.16. The topological polar surface area (TPSA) is 76.0 Å². The average Bonchev–Trinajstić information content (AvgIpc) is 3.25. The van der Waals surface area contributed by atoms with Crippen LogP contribution in [0.5, 0.6) is 5.75 Å². The van der Waals surface area contributed by atoms with Gasteiger partial charge >= 0.3 is 0 Å². The second-order valence-corrected chi connectivity index (χ2v) is 11.5. The predicted molar refractivity (Wildman–Crippen MR) is 130 cm³/mol. The maximum Gasteiger partial charge on any atom is 0.251 e. The van der Waals surface area contributed by atoms with Crippen molar-refractivity contribution in [3.63, 3.8) is 0 Å². The molecule has 2 aromatic carbocycles. The van der Waals surface area contributed by atoms with Crippen LogP contribution in [0.2, 0.25) is 0 Å². The molecule has 8 heteroatoms. The molecule has 0 N–H and O–H groups in total. The number of fused-ring (bicyclic) bond motifs is 1. The van der Waals surface area contributed by atoms with Gasteiger partial charge in [0.2, 0.25) is 0 Å². The SMILES string of the molecule is CCC(CC)C(=O)N=C1S[C@H]2CS(=O)(=O)C[C@@H]2N1c1ccc(OCc2ccccc2)cc1. The number of anilines is 1. The largest absolute Gasteiger partial charge is 0.489 e. The monoisotopic (exact) mass is 472 g/mol. The predicted octanol–water partition coefficient (Wildman–Crippen LogP) is 4.30. The quantitative estimate of drug-likeness (QED) is 0.598. The van der Waals surface area contributed by atoms with E-state index >= 15 is 0 Å². The Hall–Kier alpha value is -2.32. The Morgan fingerprint density at radius 3 is 2.44 bits per heavy atom. The molecule has 0 spiro atoms. The number of rotatable bonds is 7. The number of carbonyl (C=O) groups is 1. The number of nitrogens with zero attached hydrogens (tertiary/aromatic N) is 2. The van der Waals surface area contributed by atoms with Crippen molar-refractivity contribution < 1.29 is 17.9 Å². The van der Waals surface area contributed by atoms with Gasteiger partial charge in [-0.15, -0.1) is 0 Å². The molecule has 2 aromatic rings. The van der Waals surface area contributed by atoms with Gasteiger partial charge in [0.05, 0.1) is 17.5 Å². The molecular weight excluding hydrogens is 444 g/mol. The lowest BCUT2D eigenvalue weighted by molar-refractivity contribution is -0.121. The van der Waals surface area contributed by atoms with Gasteiger partial charge < -0.3 is 9.64 Å². The third-order valence-electron chi connectivity index (χ3n) is 5.97. The van der Waals surface area contributed by atoms with E-state index in [9.17, 15) is 13.2 Å². The molecule has 0 aromatic heterocycles. The standard InChI is InChI=1S/C24H28N2O4S2/c1-3-18(4-2)23(27)25-24-26(21-15-32(28,29)16-22(21)31-24)19-10-12-20(13-11-19)30-14-17-8-6-5-7-9-17/h5-13,18,21-22H,3-4,14-16H2,1-2H3/t21-,22-/m0/s1. The third kappa shape index (κ3) is 5.02. The number of carbonyl (C=O) groups excluding carboxylic acids is 1. The summed E-state index contributed by atoms with van der Waals surface area (Å²) in [6, 6.07) is 17.3. The van der Waals surface area contributed by atoms with Gasteiger partial charge in [-0.05, 0) is 42.7 Å². The Balaban J connectivity index is 1.56. The average molecular weight is 473 g/mol. The molecule has 6 nitrogen and oxygen atoms in total. The number of ether oxygens (including phenoxy) is 1. The smallest absolute Gasteiger partial charge is 0.251 e. The van der Waals surface area contributed by atoms with E-state index in [0.29, 0.717) is 11.8 Å². The van der Waals surface area contributed by atoms with E-state index in [2.05, 4.69) is 4.99 Å². The van der Waals surface area contributed by atoms with Gasteiger partial charge in [0.15, 0.2) is 15.0 Å². The second-order valence-electron chi connectivity index (χ2n) is 8.18. The van der Waals surface area contributed by atoms with Crippen molar-refractivity contribution in [3.8, 4) is 5.75 Å². The van der Waals surface area contributed by atoms with Gasteiger partial charge in [0.1, 0.15) is 12.4 Å². The van der Waals surface area contributed by atoms with Crippen LogP contribution in [0.25, 0.3) is 0 Å². The van der Waals surface area contributed by atoms with E-state index in [0.717, 1.165) is 29.8 Å². The van der Waals surface area contributed by atoms with Crippen LogP contribution in [-0.4, -0.2) is 42.3 Å². The molecule has 2 saturated heterocycles. The number of amidine groups is 1. The maximum absolute atomic E-state index is 12.7. The number of amides is 1. The molecule has 2 atom stereocenters. The van der Waals surface area contributed by atoms with Crippen molar-refractivity contribution in [2.24, 2.45) is 10.9 Å². The van der Waals surface area contributed by atoms with Gasteiger partial charge in [0, 0.05) is 16.9 Å². The Morgan fingerprint density at radius 2 is 1.78 bits per heavy atom. The highest BCUT2D eigenvalue weighted by Crippen LogP contribution is 2.41. The fraction of sp³-hybridized carbons (Fsp3) is 0.417. The summed E-state index contributed by atoms with van der Waals surface area (Å²) in [6.45, 7) is 4.45. The van der Waals surface area contributed by atoms with Crippen LogP contribution in [0.1, 0.15) is 32.3 Å².